The Bertz CT molecular complexity index is 484. The minimum atomic E-state index is -5.32. The maximum absolute atomic E-state index is 12.8. The van der Waals surface area contributed by atoms with E-state index in [9.17, 15) is 35.1 Å². The van der Waals surface area contributed by atoms with Crippen LogP contribution in [-0.4, -0.2) is 11.3 Å². The maximum atomic E-state index is 12.8. The van der Waals surface area contributed by atoms with Crippen LogP contribution in [0.5, 0.6) is 5.75 Å². The average molecular weight is 374 g/mol. The molecule has 0 aliphatic carbocycles. The number of pyridine rings is 1. The number of nitrogens with zero attached hydrogens (tertiary/aromatic N) is 1. The predicted octanol–water partition coefficient (Wildman–Crippen LogP) is 4.83. The lowest BCUT2D eigenvalue weighted by molar-refractivity contribution is -0.275. The van der Waals surface area contributed by atoms with Crippen molar-refractivity contribution in [2.45, 2.75) is 24.3 Å². The van der Waals surface area contributed by atoms with E-state index in [4.69, 9.17) is 0 Å². The van der Waals surface area contributed by atoms with E-state index in [-0.39, 0.29) is 6.20 Å². The van der Waals surface area contributed by atoms with E-state index in [1.54, 1.807) is 0 Å². The van der Waals surface area contributed by atoms with Crippen LogP contribution in [0.15, 0.2) is 6.20 Å². The molecule has 0 aliphatic heterocycles. The molecule has 0 atom stereocenters. The van der Waals surface area contributed by atoms with Crippen molar-refractivity contribution in [3.05, 3.63) is 23.0 Å². The molecule has 0 fully saturated rings. The number of ether oxygens (including phenoxy) is 1. The highest BCUT2D eigenvalue weighted by atomic mass is 79.9. The molecule has 2 nitrogen and oxygen atoms in total. The maximum Gasteiger partial charge on any atom is 0.573 e. The minimum absolute atomic E-state index is 0.0238. The number of hydrogen-bond donors (Lipinski definition) is 0. The Morgan fingerprint density at radius 3 is 2.05 bits per heavy atom. The first-order valence-corrected chi connectivity index (χ1v) is 5.78. The summed E-state index contributed by atoms with van der Waals surface area (Å²) in [5.41, 5.74) is -4.30. The van der Waals surface area contributed by atoms with Gasteiger partial charge in [0.15, 0.2) is 5.75 Å². The largest absolute Gasteiger partial charge is 0.573 e. The van der Waals surface area contributed by atoms with Crippen LogP contribution in [0.4, 0.5) is 35.1 Å². The predicted molar refractivity (Wildman–Crippen MR) is 53.5 cm³/mol. The Hall–Kier alpha value is -1.13. The third-order valence-electron chi connectivity index (χ3n) is 2.03. The fourth-order valence-electron chi connectivity index (χ4n) is 1.37. The zero-order valence-electron chi connectivity index (χ0n) is 9.12. The zero-order valence-corrected chi connectivity index (χ0v) is 10.7. The van der Waals surface area contributed by atoms with E-state index in [0.717, 1.165) is 0 Å². The minimum Gasteiger partial charge on any atom is -0.404 e. The summed E-state index contributed by atoms with van der Waals surface area (Å²) in [4.78, 5) is 2.73. The van der Waals surface area contributed by atoms with Crippen molar-refractivity contribution in [1.29, 1.82) is 0 Å². The van der Waals surface area contributed by atoms with Gasteiger partial charge in [-0.05, 0) is 0 Å². The summed E-state index contributed by atoms with van der Waals surface area (Å²) in [6.07, 6.45) is -14.0. The number of aromatic nitrogens is 1. The molecule has 0 saturated carbocycles. The Morgan fingerprint density at radius 1 is 1.15 bits per heavy atom. The highest BCUT2D eigenvalue weighted by Gasteiger charge is 2.40. The highest BCUT2D eigenvalue weighted by molar-refractivity contribution is 9.08. The number of hydrogen-bond acceptors (Lipinski definition) is 2. The first-order valence-electron chi connectivity index (χ1n) is 4.66. The van der Waals surface area contributed by atoms with Gasteiger partial charge in [0.25, 0.3) is 6.43 Å². The molecular weight excluding hydrogens is 370 g/mol. The summed E-state index contributed by atoms with van der Waals surface area (Å²) in [6.45, 7) is 0. The van der Waals surface area contributed by atoms with Crippen LogP contribution in [0, 0.1) is 0 Å². The molecule has 1 aromatic heterocycles. The number of alkyl halides is 9. The van der Waals surface area contributed by atoms with Gasteiger partial charge in [-0.25, -0.2) is 13.8 Å². The first-order chi connectivity index (χ1) is 8.97. The fraction of sp³-hybridized carbons (Fsp3) is 0.444. The second-order valence-electron chi connectivity index (χ2n) is 3.34. The molecule has 0 unspecified atom stereocenters. The quantitative estimate of drug-likeness (QED) is 0.559. The van der Waals surface area contributed by atoms with E-state index < -0.39 is 46.9 Å². The molecule has 0 saturated heterocycles. The van der Waals surface area contributed by atoms with Crippen molar-refractivity contribution >= 4 is 15.9 Å². The summed E-state index contributed by atoms with van der Waals surface area (Å²) in [6, 6.07) is 0. The molecule has 1 aromatic rings. The second kappa shape index (κ2) is 5.70. The summed E-state index contributed by atoms with van der Waals surface area (Å²) >= 11 is 2.52. The first kappa shape index (κ1) is 16.9. The van der Waals surface area contributed by atoms with E-state index in [2.05, 4.69) is 25.7 Å². The summed E-state index contributed by atoms with van der Waals surface area (Å²) < 4.78 is 103. The molecule has 0 aliphatic rings. The van der Waals surface area contributed by atoms with Gasteiger partial charge in [0, 0.05) is 10.9 Å². The zero-order chi connectivity index (χ0) is 15.7. The van der Waals surface area contributed by atoms with E-state index in [0.29, 0.717) is 0 Å². The molecule has 0 radical (unpaired) electrons. The van der Waals surface area contributed by atoms with E-state index >= 15 is 0 Å². The van der Waals surface area contributed by atoms with Gasteiger partial charge in [-0.2, -0.15) is 13.2 Å². The summed E-state index contributed by atoms with van der Waals surface area (Å²) in [7, 11) is 0. The van der Waals surface area contributed by atoms with Gasteiger partial charge in [-0.3, -0.25) is 0 Å². The third-order valence-corrected chi connectivity index (χ3v) is 2.59. The molecule has 114 valence electrons. The van der Waals surface area contributed by atoms with Crippen LogP contribution in [0.2, 0.25) is 0 Å². The van der Waals surface area contributed by atoms with Crippen LogP contribution < -0.4 is 4.74 Å². The molecule has 1 rings (SSSR count). The lowest BCUT2D eigenvalue weighted by atomic mass is 10.1. The van der Waals surface area contributed by atoms with Crippen LogP contribution in [0.1, 0.15) is 23.2 Å². The molecule has 11 heteroatoms. The Balaban J connectivity index is 3.50. The van der Waals surface area contributed by atoms with Crippen molar-refractivity contribution in [3.63, 3.8) is 0 Å². The molecule has 1 heterocycles. The lowest BCUT2D eigenvalue weighted by Gasteiger charge is -2.18. The van der Waals surface area contributed by atoms with Crippen molar-refractivity contribution in [2.75, 3.05) is 0 Å². The van der Waals surface area contributed by atoms with Crippen molar-refractivity contribution in [3.8, 4) is 5.75 Å². The van der Waals surface area contributed by atoms with E-state index in [1.807, 2.05) is 0 Å². The molecule has 0 spiro atoms. The third kappa shape index (κ3) is 3.93. The Kier molecular flexibility index (Phi) is 4.82. The van der Waals surface area contributed by atoms with Gasteiger partial charge < -0.3 is 4.74 Å². The van der Waals surface area contributed by atoms with Gasteiger partial charge in [0.05, 0.1) is 11.8 Å². The lowest BCUT2D eigenvalue weighted by Crippen LogP contribution is -2.21. The monoisotopic (exact) mass is 373 g/mol. The molecule has 0 aromatic carbocycles. The standard InChI is InChI=1S/C9H4BrF8NO/c10-1-3-5(7(11)12)4(20-9(16,17)18)2-19-6(3)8(13,14)15/h2,7H,1H2. The molecular formula is C9H4BrF8NO. The SMILES string of the molecule is FC(F)c1c(OC(F)(F)F)cnc(C(F)(F)F)c1CBr. The van der Waals surface area contributed by atoms with Crippen LogP contribution >= 0.6 is 15.9 Å². The van der Waals surface area contributed by atoms with Gasteiger partial charge in [-0.1, -0.05) is 15.9 Å². The van der Waals surface area contributed by atoms with Crippen molar-refractivity contribution < 1.29 is 39.9 Å². The van der Waals surface area contributed by atoms with Gasteiger partial charge >= 0.3 is 12.5 Å². The van der Waals surface area contributed by atoms with Crippen molar-refractivity contribution in [1.82, 2.24) is 4.98 Å². The summed E-state index contributed by atoms with van der Waals surface area (Å²) in [5, 5.41) is -0.760. The van der Waals surface area contributed by atoms with Gasteiger partial charge in [-0.15, -0.1) is 13.2 Å². The topological polar surface area (TPSA) is 22.1 Å². The van der Waals surface area contributed by atoms with Gasteiger partial charge in [0.2, 0.25) is 0 Å². The second-order valence-corrected chi connectivity index (χ2v) is 3.90. The van der Waals surface area contributed by atoms with Crippen LogP contribution in [0.3, 0.4) is 0 Å². The molecule has 0 bridgehead atoms. The average Bonchev–Trinajstić information content (AvgIpc) is 2.23. The fourth-order valence-corrected chi connectivity index (χ4v) is 1.94. The summed E-state index contributed by atoms with van der Waals surface area (Å²) in [5.74, 6) is -1.46. The number of halogens is 9. The Labute approximate surface area is 114 Å². The molecule has 20 heavy (non-hydrogen) atoms. The van der Waals surface area contributed by atoms with Crippen LogP contribution in [0.25, 0.3) is 0 Å². The Morgan fingerprint density at radius 2 is 1.70 bits per heavy atom. The van der Waals surface area contributed by atoms with Crippen LogP contribution in [-0.2, 0) is 11.5 Å². The van der Waals surface area contributed by atoms with E-state index in [1.165, 1.54) is 0 Å². The molecule has 0 amide bonds. The smallest absolute Gasteiger partial charge is 0.404 e. The normalized spacial score (nSPS) is 12.9. The highest BCUT2D eigenvalue weighted by Crippen LogP contribution is 2.41. The van der Waals surface area contributed by atoms with Gasteiger partial charge in [0.1, 0.15) is 5.69 Å². The number of rotatable bonds is 3. The van der Waals surface area contributed by atoms with Crippen molar-refractivity contribution in [2.24, 2.45) is 0 Å². The molecule has 0 N–H and O–H groups in total.